The largest absolute Gasteiger partial charge is 0.446 e. The zero-order valence-electron chi connectivity index (χ0n) is 18.8. The predicted octanol–water partition coefficient (Wildman–Crippen LogP) is 2.78. The maximum Gasteiger partial charge on any atom is 0.408 e. The molecule has 4 rings (SSSR count). The maximum atomic E-state index is 13.0. The molecule has 35 heavy (non-hydrogen) atoms. The number of halogens is 1. The molecule has 0 spiro atoms. The maximum absolute atomic E-state index is 13.0. The van der Waals surface area contributed by atoms with Gasteiger partial charge in [-0.05, 0) is 55.7 Å². The number of alkyl carbamates (subject to hydrolysis) is 1. The van der Waals surface area contributed by atoms with Crippen LogP contribution in [0.3, 0.4) is 0 Å². The quantitative estimate of drug-likeness (QED) is 0.491. The molecule has 1 atom stereocenters. The van der Waals surface area contributed by atoms with E-state index in [0.717, 1.165) is 30.6 Å². The number of amides is 4. The van der Waals surface area contributed by atoms with E-state index in [0.29, 0.717) is 33.7 Å². The van der Waals surface area contributed by atoms with E-state index >= 15 is 0 Å². The van der Waals surface area contributed by atoms with Gasteiger partial charge < -0.3 is 30.3 Å². The van der Waals surface area contributed by atoms with Crippen LogP contribution >= 0.6 is 22.9 Å². The number of nitrogens with zero attached hydrogens (tertiary/aromatic N) is 1. The second-order valence-corrected chi connectivity index (χ2v) is 9.82. The van der Waals surface area contributed by atoms with Gasteiger partial charge in [0.2, 0.25) is 5.91 Å². The summed E-state index contributed by atoms with van der Waals surface area (Å²) in [6.07, 6.45) is 1.70. The number of benzene rings is 1. The molecule has 3 N–H and O–H groups in total. The zero-order valence-corrected chi connectivity index (χ0v) is 20.3. The standard InChI is InChI=1S/C23H25ClN4O6S/c24-19-9-8-18(35-19)22(31)25-12-17(27-23(32)34-16-2-1-3-16)21(30)26-14-4-6-15(7-5-14)28-10-11-33-13-20(28)29/h4-9,16-17H,1-3,10-13H2,(H,25,31)(H,26,30)(H,27,32)/t17-/m0/s1. The Morgan fingerprint density at radius 1 is 1.17 bits per heavy atom. The van der Waals surface area contributed by atoms with Crippen LogP contribution in [0.1, 0.15) is 28.9 Å². The fraction of sp³-hybridized carbons (Fsp3) is 0.391. The molecule has 10 nitrogen and oxygen atoms in total. The van der Waals surface area contributed by atoms with Gasteiger partial charge in [0.1, 0.15) is 18.8 Å². The molecular formula is C23H25ClN4O6S. The number of hydrogen-bond donors (Lipinski definition) is 3. The zero-order chi connectivity index (χ0) is 24.8. The molecule has 1 aliphatic carbocycles. The molecule has 186 valence electrons. The number of anilines is 2. The average molecular weight is 521 g/mol. The number of rotatable bonds is 8. The van der Waals surface area contributed by atoms with E-state index in [2.05, 4.69) is 16.0 Å². The number of ether oxygens (including phenoxy) is 2. The van der Waals surface area contributed by atoms with Gasteiger partial charge in [0.25, 0.3) is 11.8 Å². The van der Waals surface area contributed by atoms with Gasteiger partial charge in [-0.1, -0.05) is 11.6 Å². The molecule has 0 bridgehead atoms. The number of nitrogens with one attached hydrogen (secondary N) is 3. The first-order chi connectivity index (χ1) is 16.9. The van der Waals surface area contributed by atoms with Crippen molar-refractivity contribution >= 4 is 58.1 Å². The Morgan fingerprint density at radius 3 is 2.57 bits per heavy atom. The fourth-order valence-corrected chi connectivity index (χ4v) is 4.45. The lowest BCUT2D eigenvalue weighted by atomic mass is 9.96. The van der Waals surface area contributed by atoms with E-state index in [1.807, 2.05) is 0 Å². The Hall–Kier alpha value is -3.15. The monoisotopic (exact) mass is 520 g/mol. The van der Waals surface area contributed by atoms with Crippen LogP contribution in [0.5, 0.6) is 0 Å². The van der Waals surface area contributed by atoms with E-state index in [1.54, 1.807) is 41.3 Å². The molecule has 1 aromatic carbocycles. The second-order valence-electron chi connectivity index (χ2n) is 8.10. The molecule has 12 heteroatoms. The molecule has 4 amide bonds. The van der Waals surface area contributed by atoms with E-state index < -0.39 is 23.9 Å². The molecule has 1 saturated carbocycles. The summed E-state index contributed by atoms with van der Waals surface area (Å²) in [4.78, 5) is 51.7. The molecule has 0 unspecified atom stereocenters. The summed E-state index contributed by atoms with van der Waals surface area (Å²) in [6.45, 7) is 0.791. The Kier molecular flexibility index (Phi) is 8.21. The van der Waals surface area contributed by atoms with Gasteiger partial charge in [-0.15, -0.1) is 11.3 Å². The van der Waals surface area contributed by atoms with Crippen molar-refractivity contribution in [1.29, 1.82) is 0 Å². The van der Waals surface area contributed by atoms with Gasteiger partial charge in [0.05, 0.1) is 15.8 Å². The van der Waals surface area contributed by atoms with Crippen molar-refractivity contribution in [2.24, 2.45) is 0 Å². The summed E-state index contributed by atoms with van der Waals surface area (Å²) in [5.41, 5.74) is 1.16. The summed E-state index contributed by atoms with van der Waals surface area (Å²) in [5.74, 6) is -1.08. The first-order valence-corrected chi connectivity index (χ1v) is 12.4. The van der Waals surface area contributed by atoms with Crippen LogP contribution in [0.2, 0.25) is 4.34 Å². The third-order valence-corrected chi connectivity index (χ3v) is 6.86. The van der Waals surface area contributed by atoms with Crippen LogP contribution in [-0.2, 0) is 19.1 Å². The Labute approximate surface area is 210 Å². The van der Waals surface area contributed by atoms with E-state index in [1.165, 1.54) is 0 Å². The van der Waals surface area contributed by atoms with Gasteiger partial charge in [0.15, 0.2) is 0 Å². The van der Waals surface area contributed by atoms with Crippen LogP contribution in [0.4, 0.5) is 16.2 Å². The minimum absolute atomic E-state index is 0.0339. The van der Waals surface area contributed by atoms with Crippen molar-refractivity contribution < 1.29 is 28.7 Å². The molecule has 2 fully saturated rings. The fourth-order valence-electron chi connectivity index (χ4n) is 3.49. The second kappa shape index (κ2) is 11.5. The van der Waals surface area contributed by atoms with E-state index in [-0.39, 0.29) is 25.2 Å². The van der Waals surface area contributed by atoms with Gasteiger partial charge in [-0.3, -0.25) is 14.4 Å². The minimum Gasteiger partial charge on any atom is -0.446 e. The summed E-state index contributed by atoms with van der Waals surface area (Å²) in [6, 6.07) is 8.85. The smallest absolute Gasteiger partial charge is 0.408 e. The molecule has 2 heterocycles. The van der Waals surface area contributed by atoms with E-state index in [4.69, 9.17) is 21.1 Å². The SMILES string of the molecule is O=C(N[C@@H](CNC(=O)c1ccc(Cl)s1)C(=O)Nc1ccc(N2CCOCC2=O)cc1)OC1CCC1. The molecule has 1 aromatic heterocycles. The van der Waals surface area contributed by atoms with Crippen LogP contribution in [0, 0.1) is 0 Å². The lowest BCUT2D eigenvalue weighted by molar-refractivity contribution is -0.125. The summed E-state index contributed by atoms with van der Waals surface area (Å²) in [5, 5.41) is 7.92. The summed E-state index contributed by atoms with van der Waals surface area (Å²) >= 11 is 7.00. The van der Waals surface area contributed by atoms with Crippen molar-refractivity contribution in [2.75, 3.05) is 36.5 Å². The van der Waals surface area contributed by atoms with E-state index in [9.17, 15) is 19.2 Å². The number of morpholine rings is 1. The van der Waals surface area contributed by atoms with Crippen molar-refractivity contribution in [3.05, 3.63) is 45.6 Å². The van der Waals surface area contributed by atoms with Crippen LogP contribution in [-0.4, -0.2) is 62.3 Å². The minimum atomic E-state index is -1.08. The van der Waals surface area contributed by atoms with Gasteiger partial charge >= 0.3 is 6.09 Å². The van der Waals surface area contributed by atoms with Gasteiger partial charge in [0, 0.05) is 24.5 Å². The third kappa shape index (κ3) is 6.71. The van der Waals surface area contributed by atoms with Crippen molar-refractivity contribution in [3.63, 3.8) is 0 Å². The van der Waals surface area contributed by atoms with Crippen LogP contribution < -0.4 is 20.9 Å². The Bertz CT molecular complexity index is 1090. The first-order valence-electron chi connectivity index (χ1n) is 11.2. The molecular weight excluding hydrogens is 496 g/mol. The third-order valence-electron chi connectivity index (χ3n) is 5.63. The van der Waals surface area contributed by atoms with Gasteiger partial charge in [-0.2, -0.15) is 0 Å². The number of hydrogen-bond acceptors (Lipinski definition) is 7. The highest BCUT2D eigenvalue weighted by Crippen LogP contribution is 2.23. The van der Waals surface area contributed by atoms with Crippen LogP contribution in [0.15, 0.2) is 36.4 Å². The highest BCUT2D eigenvalue weighted by atomic mass is 35.5. The average Bonchev–Trinajstić information content (AvgIpc) is 3.26. The van der Waals surface area contributed by atoms with Crippen LogP contribution in [0.25, 0.3) is 0 Å². The number of carbonyl (C=O) groups is 4. The number of thiophene rings is 1. The normalized spacial score (nSPS) is 16.7. The lowest BCUT2D eigenvalue weighted by Crippen LogP contribution is -2.51. The Balaban J connectivity index is 1.38. The highest BCUT2D eigenvalue weighted by Gasteiger charge is 2.27. The predicted molar refractivity (Wildman–Crippen MR) is 131 cm³/mol. The summed E-state index contributed by atoms with van der Waals surface area (Å²) < 4.78 is 10.9. The van der Waals surface area contributed by atoms with Crippen molar-refractivity contribution in [1.82, 2.24) is 10.6 Å². The highest BCUT2D eigenvalue weighted by molar-refractivity contribution is 7.18. The molecule has 2 aromatic rings. The van der Waals surface area contributed by atoms with Gasteiger partial charge in [-0.25, -0.2) is 4.79 Å². The first kappa shape index (κ1) is 25.0. The molecule has 1 aliphatic heterocycles. The number of carbonyl (C=O) groups excluding carboxylic acids is 4. The van der Waals surface area contributed by atoms with Crippen molar-refractivity contribution in [2.45, 2.75) is 31.4 Å². The molecule has 0 radical (unpaired) electrons. The topological polar surface area (TPSA) is 126 Å². The molecule has 1 saturated heterocycles. The van der Waals surface area contributed by atoms with Crippen molar-refractivity contribution in [3.8, 4) is 0 Å². The Morgan fingerprint density at radius 2 is 1.94 bits per heavy atom. The lowest BCUT2D eigenvalue weighted by Gasteiger charge is -2.27. The summed E-state index contributed by atoms with van der Waals surface area (Å²) in [7, 11) is 0. The molecule has 2 aliphatic rings.